The summed E-state index contributed by atoms with van der Waals surface area (Å²) in [6.07, 6.45) is 2.76. The number of hydrogen-bond donors (Lipinski definition) is 1. The van der Waals surface area contributed by atoms with Gasteiger partial charge in [0.05, 0.1) is 12.8 Å². The molecule has 13 heavy (non-hydrogen) atoms. The Morgan fingerprint density at radius 1 is 1.46 bits per heavy atom. The van der Waals surface area contributed by atoms with Crippen LogP contribution < -0.4 is 0 Å². The molecule has 0 aliphatic rings. The summed E-state index contributed by atoms with van der Waals surface area (Å²) >= 11 is 0. The number of hydrogen-bond acceptors (Lipinski definition) is 4. The van der Waals surface area contributed by atoms with Crippen LogP contribution in [0.5, 0.6) is 0 Å². The van der Waals surface area contributed by atoms with Gasteiger partial charge < -0.3 is 14.2 Å². The molecule has 0 aliphatic carbocycles. The molecule has 0 atom stereocenters. The van der Waals surface area contributed by atoms with Crippen molar-refractivity contribution in [1.29, 1.82) is 0 Å². The van der Waals surface area contributed by atoms with E-state index >= 15 is 0 Å². The second-order valence-corrected chi connectivity index (χ2v) is 5.10. The van der Waals surface area contributed by atoms with E-state index in [-0.39, 0.29) is 6.61 Å². The molecule has 1 N–H and O–H groups in total. The lowest BCUT2D eigenvalue weighted by Gasteiger charge is -2.11. The van der Waals surface area contributed by atoms with E-state index < -0.39 is 7.60 Å². The summed E-state index contributed by atoms with van der Waals surface area (Å²) in [7, 11) is -0.138. The molecule has 0 radical (unpaired) electrons. The maximum Gasteiger partial charge on any atom is 0.330 e. The van der Waals surface area contributed by atoms with E-state index in [1.165, 1.54) is 14.2 Å². The molecule has 0 rings (SSSR count). The molecule has 0 aromatic rings. The van der Waals surface area contributed by atoms with Crippen molar-refractivity contribution < 1.29 is 18.7 Å². The second-order valence-electron chi connectivity index (χ2n) is 2.70. The van der Waals surface area contributed by atoms with Crippen LogP contribution in [0.15, 0.2) is 11.6 Å². The van der Waals surface area contributed by atoms with Gasteiger partial charge in [0.1, 0.15) is 0 Å². The fraction of sp³-hybridized carbons (Fsp3) is 0.750. The number of allylic oxidation sites excluding steroid dienone is 1. The molecule has 0 aliphatic heterocycles. The van der Waals surface area contributed by atoms with Gasteiger partial charge in [0.25, 0.3) is 0 Å². The van der Waals surface area contributed by atoms with Crippen LogP contribution in [0.4, 0.5) is 0 Å². The number of rotatable bonds is 6. The summed E-state index contributed by atoms with van der Waals surface area (Å²) in [5.74, 6) is 0. The van der Waals surface area contributed by atoms with Crippen molar-refractivity contribution in [2.24, 2.45) is 0 Å². The summed E-state index contributed by atoms with van der Waals surface area (Å²) < 4.78 is 21.0. The van der Waals surface area contributed by atoms with Crippen LogP contribution in [0.1, 0.15) is 13.3 Å². The fourth-order valence-electron chi connectivity index (χ4n) is 0.791. The third-order valence-electron chi connectivity index (χ3n) is 1.70. The van der Waals surface area contributed by atoms with Crippen molar-refractivity contribution >= 4 is 7.60 Å². The molecular weight excluding hydrogens is 191 g/mol. The first-order valence-electron chi connectivity index (χ1n) is 4.05. The van der Waals surface area contributed by atoms with E-state index in [4.69, 9.17) is 14.2 Å². The SMILES string of the molecule is COP(=O)(CCC=C(C)CO)OC. The van der Waals surface area contributed by atoms with E-state index in [1.54, 1.807) is 0 Å². The third-order valence-corrected chi connectivity index (χ3v) is 3.62. The van der Waals surface area contributed by atoms with Crippen LogP contribution in [-0.2, 0) is 13.6 Å². The summed E-state index contributed by atoms with van der Waals surface area (Å²) in [4.78, 5) is 0. The van der Waals surface area contributed by atoms with Crippen molar-refractivity contribution in [3.05, 3.63) is 11.6 Å². The topological polar surface area (TPSA) is 55.8 Å². The molecule has 0 saturated carbocycles. The van der Waals surface area contributed by atoms with Crippen molar-refractivity contribution in [2.75, 3.05) is 27.0 Å². The molecule has 0 fully saturated rings. The summed E-state index contributed by atoms with van der Waals surface area (Å²) in [5.41, 5.74) is 0.860. The molecule has 0 unspecified atom stereocenters. The molecule has 0 saturated heterocycles. The minimum atomic E-state index is -2.87. The Hall–Kier alpha value is -0.150. The lowest BCUT2D eigenvalue weighted by molar-refractivity contribution is 0.276. The van der Waals surface area contributed by atoms with E-state index in [2.05, 4.69) is 0 Å². The molecule has 0 aromatic carbocycles. The summed E-state index contributed by atoms with van der Waals surface area (Å²) in [5, 5.41) is 8.68. The lowest BCUT2D eigenvalue weighted by atomic mass is 10.3. The van der Waals surface area contributed by atoms with Gasteiger partial charge >= 0.3 is 7.60 Å². The standard InChI is InChI=1S/C8H17O4P/c1-8(7-9)5-4-6-13(10,11-2)12-3/h5,9H,4,6-7H2,1-3H3. The normalized spacial score (nSPS) is 13.4. The van der Waals surface area contributed by atoms with Gasteiger partial charge in [0.2, 0.25) is 0 Å². The number of aliphatic hydroxyl groups excluding tert-OH is 1. The van der Waals surface area contributed by atoms with Crippen LogP contribution in [0.25, 0.3) is 0 Å². The van der Waals surface area contributed by atoms with E-state index in [0.29, 0.717) is 12.6 Å². The highest BCUT2D eigenvalue weighted by molar-refractivity contribution is 7.53. The van der Waals surface area contributed by atoms with E-state index in [1.807, 2.05) is 13.0 Å². The zero-order chi connectivity index (χ0) is 10.3. The molecular formula is C8H17O4P. The van der Waals surface area contributed by atoms with Gasteiger partial charge in [-0.2, -0.15) is 0 Å². The number of aliphatic hydroxyl groups is 1. The highest BCUT2D eigenvalue weighted by atomic mass is 31.2. The molecule has 0 bridgehead atoms. The molecule has 5 heteroatoms. The predicted octanol–water partition coefficient (Wildman–Crippen LogP) is 1.80. The van der Waals surface area contributed by atoms with Crippen molar-refractivity contribution in [3.8, 4) is 0 Å². The van der Waals surface area contributed by atoms with Gasteiger partial charge in [-0.05, 0) is 13.3 Å². The van der Waals surface area contributed by atoms with Crippen LogP contribution >= 0.6 is 7.60 Å². The first kappa shape index (κ1) is 12.8. The molecule has 0 spiro atoms. The molecule has 0 heterocycles. The average molecular weight is 208 g/mol. The minimum absolute atomic E-state index is 0.0320. The van der Waals surface area contributed by atoms with Gasteiger partial charge in [-0.1, -0.05) is 11.6 Å². The first-order chi connectivity index (χ1) is 6.08. The van der Waals surface area contributed by atoms with Crippen LogP contribution in [-0.4, -0.2) is 32.1 Å². The smallest absolute Gasteiger partial charge is 0.330 e. The monoisotopic (exact) mass is 208 g/mol. The van der Waals surface area contributed by atoms with Crippen molar-refractivity contribution in [3.63, 3.8) is 0 Å². The largest absolute Gasteiger partial charge is 0.392 e. The van der Waals surface area contributed by atoms with Gasteiger partial charge in [0, 0.05) is 14.2 Å². The van der Waals surface area contributed by atoms with Crippen molar-refractivity contribution in [2.45, 2.75) is 13.3 Å². The highest BCUT2D eigenvalue weighted by Crippen LogP contribution is 2.46. The first-order valence-corrected chi connectivity index (χ1v) is 5.78. The molecule has 0 amide bonds. The Labute approximate surface area is 79.1 Å². The quantitative estimate of drug-likeness (QED) is 0.534. The zero-order valence-electron chi connectivity index (χ0n) is 8.32. The maximum absolute atomic E-state index is 11.5. The Bertz CT molecular complexity index is 204. The Morgan fingerprint density at radius 2 is 2.00 bits per heavy atom. The summed E-state index contributed by atoms with van der Waals surface area (Å²) in [6, 6.07) is 0. The minimum Gasteiger partial charge on any atom is -0.392 e. The lowest BCUT2D eigenvalue weighted by Crippen LogP contribution is -1.94. The average Bonchev–Trinajstić information content (AvgIpc) is 2.17. The van der Waals surface area contributed by atoms with Crippen molar-refractivity contribution in [1.82, 2.24) is 0 Å². The van der Waals surface area contributed by atoms with Gasteiger partial charge in [-0.25, -0.2) is 0 Å². The molecule has 0 aromatic heterocycles. The highest BCUT2D eigenvalue weighted by Gasteiger charge is 2.18. The predicted molar refractivity (Wildman–Crippen MR) is 52.0 cm³/mol. The third kappa shape index (κ3) is 5.21. The second kappa shape index (κ2) is 6.33. The van der Waals surface area contributed by atoms with Gasteiger partial charge in [0.15, 0.2) is 0 Å². The van der Waals surface area contributed by atoms with Crippen LogP contribution in [0.2, 0.25) is 0 Å². The molecule has 78 valence electrons. The molecule has 4 nitrogen and oxygen atoms in total. The fourth-order valence-corrected chi connectivity index (χ4v) is 1.75. The Kier molecular flexibility index (Phi) is 6.25. The van der Waals surface area contributed by atoms with Gasteiger partial charge in [-0.3, -0.25) is 4.57 Å². The van der Waals surface area contributed by atoms with E-state index in [0.717, 1.165) is 5.57 Å². The summed E-state index contributed by atoms with van der Waals surface area (Å²) in [6.45, 7) is 1.84. The zero-order valence-corrected chi connectivity index (χ0v) is 9.21. The maximum atomic E-state index is 11.5. The van der Waals surface area contributed by atoms with Crippen LogP contribution in [0.3, 0.4) is 0 Å². The van der Waals surface area contributed by atoms with E-state index in [9.17, 15) is 4.57 Å². The van der Waals surface area contributed by atoms with Gasteiger partial charge in [-0.15, -0.1) is 0 Å². The Morgan fingerprint density at radius 3 is 2.38 bits per heavy atom. The van der Waals surface area contributed by atoms with Crippen LogP contribution in [0, 0.1) is 0 Å². The Balaban J connectivity index is 3.94.